The van der Waals surface area contributed by atoms with E-state index in [1.807, 2.05) is 145 Å². The molecule has 0 unspecified atom stereocenters. The Morgan fingerprint density at radius 1 is 0.586 bits per heavy atom. The third-order valence-electron chi connectivity index (χ3n) is 12.1. The van der Waals surface area contributed by atoms with Crippen molar-refractivity contribution in [2.75, 3.05) is 13.2 Å². The zero-order valence-corrected chi connectivity index (χ0v) is 42.6. The molecule has 70 heavy (non-hydrogen) atoms. The number of alkyl carbamates (subject to hydrolysis) is 1. The zero-order chi connectivity index (χ0) is 51.3. The Hall–Kier alpha value is -6.54. The summed E-state index contributed by atoms with van der Waals surface area (Å²) in [7, 11) is 0. The van der Waals surface area contributed by atoms with Crippen LogP contribution in [-0.2, 0) is 51.2 Å². The Kier molecular flexibility index (Phi) is 18.9. The molecule has 0 saturated carbocycles. The number of nitrogens with one attached hydrogen (secondary N) is 5. The Bertz CT molecular complexity index is 2400. The van der Waals surface area contributed by atoms with E-state index in [4.69, 9.17) is 14.2 Å². The van der Waals surface area contributed by atoms with E-state index in [0.717, 1.165) is 38.9 Å². The number of carbonyl (C=O) groups is 6. The molecule has 0 heterocycles. The van der Waals surface area contributed by atoms with E-state index < -0.39 is 82.8 Å². The van der Waals surface area contributed by atoms with Crippen molar-refractivity contribution < 1.29 is 43.0 Å². The third kappa shape index (κ3) is 15.5. The number of ether oxygens (including phenoxy) is 3. The Labute approximate surface area is 413 Å². The van der Waals surface area contributed by atoms with Crippen molar-refractivity contribution in [2.45, 2.75) is 137 Å². The van der Waals surface area contributed by atoms with E-state index in [1.54, 1.807) is 34.6 Å². The van der Waals surface area contributed by atoms with Crippen molar-refractivity contribution in [2.24, 2.45) is 17.3 Å². The number of hydrogen-bond donors (Lipinski definition) is 5. The van der Waals surface area contributed by atoms with Crippen LogP contribution in [0.15, 0.2) is 103 Å². The van der Waals surface area contributed by atoms with Gasteiger partial charge in [0.1, 0.15) is 43.4 Å². The van der Waals surface area contributed by atoms with Gasteiger partial charge in [0.15, 0.2) is 0 Å². The lowest BCUT2D eigenvalue weighted by atomic mass is 9.85. The normalized spacial score (nSPS) is 14.5. The molecule has 0 aliphatic heterocycles. The molecule has 0 bridgehead atoms. The lowest BCUT2D eigenvalue weighted by Gasteiger charge is -2.33. The summed E-state index contributed by atoms with van der Waals surface area (Å²) in [6, 6.07) is 26.8. The lowest BCUT2D eigenvalue weighted by Crippen LogP contribution is -2.62. The van der Waals surface area contributed by atoms with Crippen LogP contribution in [0, 0.1) is 24.2 Å². The number of esters is 1. The number of carbonyl (C=O) groups excluding carboxylic acids is 6. The van der Waals surface area contributed by atoms with Gasteiger partial charge in [-0.2, -0.15) is 0 Å². The molecule has 0 saturated heterocycles. The van der Waals surface area contributed by atoms with Gasteiger partial charge in [0.05, 0.1) is 12.2 Å². The second kappa shape index (κ2) is 24.3. The van der Waals surface area contributed by atoms with E-state index >= 15 is 0 Å². The van der Waals surface area contributed by atoms with Crippen LogP contribution < -0.4 is 26.6 Å². The smallest absolute Gasteiger partial charge is 0.407 e. The summed E-state index contributed by atoms with van der Waals surface area (Å²) in [4.78, 5) is 84.4. The number of fused-ring (bicyclic) bond motifs is 3. The molecule has 14 nitrogen and oxygen atoms in total. The predicted octanol–water partition coefficient (Wildman–Crippen LogP) is 7.69. The Morgan fingerprint density at radius 3 is 1.71 bits per heavy atom. The second-order valence-electron chi connectivity index (χ2n) is 21.0. The maximum atomic E-state index is 14.6. The zero-order valence-electron chi connectivity index (χ0n) is 42.6. The number of amides is 5. The van der Waals surface area contributed by atoms with Crippen LogP contribution in [0.4, 0.5) is 4.79 Å². The van der Waals surface area contributed by atoms with E-state index in [1.165, 1.54) is 0 Å². The minimum Gasteiger partial charge on any atom is -0.459 e. The maximum absolute atomic E-state index is 14.6. The molecular formula is C56H73N5O9. The molecule has 5 amide bonds. The van der Waals surface area contributed by atoms with Gasteiger partial charge in [0, 0.05) is 12.3 Å². The summed E-state index contributed by atoms with van der Waals surface area (Å²) < 4.78 is 17.4. The molecule has 1 aliphatic carbocycles. The Morgan fingerprint density at radius 2 is 1.14 bits per heavy atom. The highest BCUT2D eigenvalue weighted by Crippen LogP contribution is 2.44. The summed E-state index contributed by atoms with van der Waals surface area (Å²) in [5, 5.41) is 14.1. The summed E-state index contributed by atoms with van der Waals surface area (Å²) in [6.45, 7) is 19.9. The second-order valence-corrected chi connectivity index (χ2v) is 21.0. The summed E-state index contributed by atoms with van der Waals surface area (Å²) in [5.74, 6) is -3.89. The van der Waals surface area contributed by atoms with Crippen LogP contribution in [-0.4, -0.2) is 84.7 Å². The SMILES string of the molecule is Cc1ccccc1C[C@H](NC(=O)[C@H](NC(=O)[C@H](COC(C)(C)C)NC(=O)OCC1c2ccccc2-c2ccccc21)C(C)C)C(=O)N[C@H](C(=O)N[C@@H](CC(C)C)C(=O)OCc1ccccc1)C(C)(C)C. The lowest BCUT2D eigenvalue weighted by molar-refractivity contribution is -0.150. The molecular weight excluding hydrogens is 887 g/mol. The number of aryl methyl sites for hydroxylation is 1. The molecule has 0 fully saturated rings. The van der Waals surface area contributed by atoms with Crippen molar-refractivity contribution >= 4 is 35.7 Å². The average Bonchev–Trinajstić information content (AvgIpc) is 3.62. The van der Waals surface area contributed by atoms with Crippen molar-refractivity contribution in [3.05, 3.63) is 131 Å². The van der Waals surface area contributed by atoms with Gasteiger partial charge in [-0.3, -0.25) is 19.2 Å². The van der Waals surface area contributed by atoms with Crippen LogP contribution in [0.3, 0.4) is 0 Å². The van der Waals surface area contributed by atoms with Crippen LogP contribution in [0.2, 0.25) is 0 Å². The molecule has 0 spiro atoms. The summed E-state index contributed by atoms with van der Waals surface area (Å²) in [5.41, 5.74) is 5.12. The number of hydrogen-bond acceptors (Lipinski definition) is 9. The highest BCUT2D eigenvalue weighted by molar-refractivity contribution is 5.96. The van der Waals surface area contributed by atoms with Gasteiger partial charge in [-0.25, -0.2) is 9.59 Å². The first-order chi connectivity index (χ1) is 33.0. The third-order valence-corrected chi connectivity index (χ3v) is 12.1. The maximum Gasteiger partial charge on any atom is 0.407 e. The summed E-state index contributed by atoms with van der Waals surface area (Å²) >= 11 is 0. The van der Waals surface area contributed by atoms with Gasteiger partial charge in [-0.15, -0.1) is 0 Å². The molecule has 0 aromatic heterocycles. The van der Waals surface area contributed by atoms with Crippen molar-refractivity contribution in [3.63, 3.8) is 0 Å². The van der Waals surface area contributed by atoms with E-state index in [9.17, 15) is 28.8 Å². The molecule has 5 rings (SSSR count). The van der Waals surface area contributed by atoms with Gasteiger partial charge in [-0.1, -0.05) is 152 Å². The van der Waals surface area contributed by atoms with Gasteiger partial charge >= 0.3 is 12.1 Å². The fraction of sp³-hybridized carbons (Fsp3) is 0.464. The molecule has 5 atom stereocenters. The minimum atomic E-state index is -1.27. The minimum absolute atomic E-state index is 0.0188. The van der Waals surface area contributed by atoms with E-state index in [-0.39, 0.29) is 38.1 Å². The Balaban J connectivity index is 1.32. The predicted molar refractivity (Wildman–Crippen MR) is 270 cm³/mol. The van der Waals surface area contributed by atoms with Crippen LogP contribution in [0.5, 0.6) is 0 Å². The molecule has 5 N–H and O–H groups in total. The molecule has 0 radical (unpaired) electrons. The molecule has 4 aromatic rings. The fourth-order valence-electron chi connectivity index (χ4n) is 8.31. The van der Waals surface area contributed by atoms with Crippen LogP contribution in [0.25, 0.3) is 11.1 Å². The van der Waals surface area contributed by atoms with Gasteiger partial charge < -0.3 is 40.8 Å². The molecule has 1 aliphatic rings. The van der Waals surface area contributed by atoms with E-state index in [0.29, 0.717) is 6.42 Å². The van der Waals surface area contributed by atoms with Crippen molar-refractivity contribution in [1.29, 1.82) is 0 Å². The number of rotatable bonds is 21. The quantitative estimate of drug-likeness (QED) is 0.0522. The molecule has 14 heteroatoms. The van der Waals surface area contributed by atoms with Crippen LogP contribution in [0.1, 0.15) is 109 Å². The monoisotopic (exact) mass is 960 g/mol. The highest BCUT2D eigenvalue weighted by Gasteiger charge is 2.39. The summed E-state index contributed by atoms with van der Waals surface area (Å²) in [6.07, 6.45) is -0.491. The standard InChI is InChI=1S/C56H73N5O9/c1-34(2)29-45(53(66)68-31-37-22-13-12-14-23-37)58-52(65)48(55(6,7)8)61-49(62)44(30-38-24-16-15-21-36(38)5)57-51(64)47(35(3)4)60-50(63)46(33-70-56(9,10)11)59-54(67)69-32-43-41-27-19-17-25-39(41)40-26-18-20-28-42(40)43/h12-28,34-35,43-48H,29-33H2,1-11H3,(H,57,64)(H,58,65)(H,59,67)(H,60,63)(H,61,62)/t44-,45-,46-,47+,48+/m0/s1. The first-order valence-corrected chi connectivity index (χ1v) is 24.2. The molecule has 376 valence electrons. The van der Waals surface area contributed by atoms with E-state index in [2.05, 4.69) is 26.6 Å². The van der Waals surface area contributed by atoms with Gasteiger partial charge in [0.25, 0.3) is 0 Å². The average molecular weight is 960 g/mol. The topological polar surface area (TPSA) is 190 Å². The van der Waals surface area contributed by atoms with Crippen LogP contribution >= 0.6 is 0 Å². The van der Waals surface area contributed by atoms with Gasteiger partial charge in [0.2, 0.25) is 23.6 Å². The van der Waals surface area contributed by atoms with Gasteiger partial charge in [-0.05, 0) is 90.3 Å². The van der Waals surface area contributed by atoms with Crippen molar-refractivity contribution in [3.8, 4) is 11.1 Å². The van der Waals surface area contributed by atoms with Crippen molar-refractivity contribution in [1.82, 2.24) is 26.6 Å². The fourth-order valence-corrected chi connectivity index (χ4v) is 8.31. The first-order valence-electron chi connectivity index (χ1n) is 24.2. The highest BCUT2D eigenvalue weighted by atomic mass is 16.6. The largest absolute Gasteiger partial charge is 0.459 e. The first kappa shape index (κ1) is 54.4. The molecule has 4 aromatic carbocycles. The number of benzene rings is 4.